The van der Waals surface area contributed by atoms with Crippen molar-refractivity contribution in [3.8, 4) is 11.3 Å². The topological polar surface area (TPSA) is 50.7 Å². The van der Waals surface area contributed by atoms with Crippen LogP contribution in [-0.4, -0.2) is 14.8 Å². The van der Waals surface area contributed by atoms with Crippen LogP contribution in [0.15, 0.2) is 47.8 Å². The molecule has 1 aromatic heterocycles. The Labute approximate surface area is 103 Å². The summed E-state index contributed by atoms with van der Waals surface area (Å²) >= 11 is 5.01. The Kier molecular flexibility index (Phi) is 3.30. The molecular formula is C12H11N3OS. The summed E-state index contributed by atoms with van der Waals surface area (Å²) in [6.07, 6.45) is 1.68. The predicted molar refractivity (Wildman–Crippen MR) is 69.3 cm³/mol. The van der Waals surface area contributed by atoms with Crippen LogP contribution in [-0.2, 0) is 6.54 Å². The van der Waals surface area contributed by atoms with E-state index in [4.69, 9.17) is 12.2 Å². The first kappa shape index (κ1) is 11.5. The lowest BCUT2D eigenvalue weighted by molar-refractivity contribution is 0.643. The highest BCUT2D eigenvalue weighted by molar-refractivity contribution is 7.71. The Balaban J connectivity index is 2.63. The van der Waals surface area contributed by atoms with E-state index in [-0.39, 0.29) is 5.56 Å². The highest BCUT2D eigenvalue weighted by Crippen LogP contribution is 2.10. The Morgan fingerprint density at radius 1 is 1.41 bits per heavy atom. The van der Waals surface area contributed by atoms with Crippen molar-refractivity contribution < 1.29 is 0 Å². The summed E-state index contributed by atoms with van der Waals surface area (Å²) in [5.41, 5.74) is 0.851. The maximum absolute atomic E-state index is 11.8. The largest absolute Gasteiger partial charge is 0.296 e. The zero-order valence-electron chi connectivity index (χ0n) is 9.09. The molecule has 0 amide bonds. The lowest BCUT2D eigenvalue weighted by Gasteiger charge is -2.05. The molecule has 0 radical (unpaired) electrons. The van der Waals surface area contributed by atoms with Gasteiger partial charge < -0.3 is 0 Å². The molecule has 0 fully saturated rings. The van der Waals surface area contributed by atoms with Gasteiger partial charge in [0, 0.05) is 5.56 Å². The van der Waals surface area contributed by atoms with Crippen LogP contribution in [0, 0.1) is 4.77 Å². The number of H-pyrrole nitrogens is 1. The molecule has 2 aromatic rings. The number of aromatic amines is 1. The number of hydrogen-bond acceptors (Lipinski definition) is 3. The number of hydrogen-bond donors (Lipinski definition) is 1. The Morgan fingerprint density at radius 3 is 2.76 bits per heavy atom. The zero-order chi connectivity index (χ0) is 12.3. The summed E-state index contributed by atoms with van der Waals surface area (Å²) in [6, 6.07) is 9.26. The predicted octanol–water partition coefficient (Wildman–Crippen LogP) is 2.15. The van der Waals surface area contributed by atoms with Crippen LogP contribution in [0.3, 0.4) is 0 Å². The summed E-state index contributed by atoms with van der Waals surface area (Å²) in [5.74, 6) is 0. The molecule has 1 aromatic carbocycles. The summed E-state index contributed by atoms with van der Waals surface area (Å²) in [7, 11) is 0. The molecule has 1 N–H and O–H groups in total. The maximum Gasteiger partial charge on any atom is 0.278 e. The first-order valence-electron chi connectivity index (χ1n) is 5.10. The number of benzene rings is 1. The van der Waals surface area contributed by atoms with Gasteiger partial charge in [0.25, 0.3) is 5.56 Å². The van der Waals surface area contributed by atoms with E-state index < -0.39 is 0 Å². The summed E-state index contributed by atoms with van der Waals surface area (Å²) in [6.45, 7) is 4.09. The monoisotopic (exact) mass is 245 g/mol. The fraction of sp³-hybridized carbons (Fsp3) is 0.0833. The average molecular weight is 245 g/mol. The lowest BCUT2D eigenvalue weighted by atomic mass is 10.2. The van der Waals surface area contributed by atoms with E-state index in [0.29, 0.717) is 17.0 Å². The Morgan fingerprint density at radius 2 is 2.12 bits per heavy atom. The molecule has 0 bridgehead atoms. The van der Waals surface area contributed by atoms with Gasteiger partial charge in [0.1, 0.15) is 0 Å². The Bertz CT molecular complexity index is 643. The molecule has 4 nitrogen and oxygen atoms in total. The van der Waals surface area contributed by atoms with E-state index in [1.54, 1.807) is 6.08 Å². The molecule has 86 valence electrons. The minimum Gasteiger partial charge on any atom is -0.296 e. The second kappa shape index (κ2) is 4.88. The van der Waals surface area contributed by atoms with Crippen LogP contribution in [0.2, 0.25) is 0 Å². The van der Waals surface area contributed by atoms with Gasteiger partial charge in [-0.15, -0.1) is 6.58 Å². The number of nitrogens with one attached hydrogen (secondary N) is 1. The van der Waals surface area contributed by atoms with Crippen LogP contribution in [0.4, 0.5) is 0 Å². The number of allylic oxidation sites excluding steroid dienone is 1. The number of rotatable bonds is 3. The Hall–Kier alpha value is -2.01. The molecule has 1 heterocycles. The van der Waals surface area contributed by atoms with Crippen molar-refractivity contribution >= 4 is 12.2 Å². The maximum atomic E-state index is 11.8. The number of nitrogens with zero attached hydrogens (tertiary/aromatic N) is 2. The van der Waals surface area contributed by atoms with E-state index in [1.165, 1.54) is 4.68 Å². The van der Waals surface area contributed by atoms with Gasteiger partial charge in [-0.05, 0) is 12.2 Å². The third kappa shape index (κ3) is 2.39. The highest BCUT2D eigenvalue weighted by Gasteiger charge is 2.06. The van der Waals surface area contributed by atoms with Crippen molar-refractivity contribution in [2.24, 2.45) is 0 Å². The van der Waals surface area contributed by atoms with Crippen molar-refractivity contribution in [1.82, 2.24) is 14.8 Å². The van der Waals surface area contributed by atoms with Gasteiger partial charge in [0.2, 0.25) is 0 Å². The van der Waals surface area contributed by atoms with Gasteiger partial charge in [-0.25, -0.2) is 4.68 Å². The van der Waals surface area contributed by atoms with Crippen molar-refractivity contribution in [2.45, 2.75) is 6.54 Å². The molecule has 0 atom stereocenters. The minimum atomic E-state index is -0.276. The molecule has 0 spiro atoms. The van der Waals surface area contributed by atoms with Gasteiger partial charge in [0.15, 0.2) is 10.5 Å². The molecule has 2 rings (SSSR count). The molecule has 0 saturated heterocycles. The van der Waals surface area contributed by atoms with Gasteiger partial charge in [-0.2, -0.15) is 5.10 Å². The van der Waals surface area contributed by atoms with E-state index in [2.05, 4.69) is 16.7 Å². The van der Waals surface area contributed by atoms with Gasteiger partial charge in [0.05, 0.1) is 6.54 Å². The third-order valence-corrected chi connectivity index (χ3v) is 2.55. The SMILES string of the molecule is C=CCn1nc(-c2ccccc2)c(=O)[nH]c1=S. The quantitative estimate of drug-likeness (QED) is 0.666. The van der Waals surface area contributed by atoms with Crippen LogP contribution in [0.25, 0.3) is 11.3 Å². The van der Waals surface area contributed by atoms with E-state index in [9.17, 15) is 4.79 Å². The molecule has 5 heteroatoms. The van der Waals surface area contributed by atoms with Crippen molar-refractivity contribution in [2.75, 3.05) is 0 Å². The van der Waals surface area contributed by atoms with Crippen molar-refractivity contribution in [3.63, 3.8) is 0 Å². The highest BCUT2D eigenvalue weighted by atomic mass is 32.1. The average Bonchev–Trinajstić information content (AvgIpc) is 2.34. The number of aromatic nitrogens is 3. The van der Waals surface area contributed by atoms with E-state index >= 15 is 0 Å². The van der Waals surface area contributed by atoms with Crippen molar-refractivity contribution in [3.05, 3.63) is 58.1 Å². The summed E-state index contributed by atoms with van der Waals surface area (Å²) in [4.78, 5) is 14.4. The molecule has 17 heavy (non-hydrogen) atoms. The lowest BCUT2D eigenvalue weighted by Crippen LogP contribution is -2.19. The van der Waals surface area contributed by atoms with Crippen LogP contribution < -0.4 is 5.56 Å². The molecule has 0 unspecified atom stereocenters. The normalized spacial score (nSPS) is 10.1. The third-order valence-electron chi connectivity index (χ3n) is 2.24. The second-order valence-corrected chi connectivity index (χ2v) is 3.83. The van der Waals surface area contributed by atoms with Gasteiger partial charge in [-0.1, -0.05) is 36.4 Å². The zero-order valence-corrected chi connectivity index (χ0v) is 9.91. The van der Waals surface area contributed by atoms with E-state index in [0.717, 1.165) is 5.56 Å². The molecular weight excluding hydrogens is 234 g/mol. The summed E-state index contributed by atoms with van der Waals surface area (Å²) in [5, 5.41) is 4.23. The summed E-state index contributed by atoms with van der Waals surface area (Å²) < 4.78 is 1.83. The molecule has 0 aliphatic rings. The van der Waals surface area contributed by atoms with Crippen LogP contribution >= 0.6 is 12.2 Å². The smallest absolute Gasteiger partial charge is 0.278 e. The fourth-order valence-corrected chi connectivity index (χ4v) is 1.67. The first-order chi connectivity index (χ1) is 8.22. The minimum absolute atomic E-state index is 0.276. The van der Waals surface area contributed by atoms with Crippen LogP contribution in [0.5, 0.6) is 0 Å². The first-order valence-corrected chi connectivity index (χ1v) is 5.51. The molecule has 0 saturated carbocycles. The van der Waals surface area contributed by atoms with E-state index in [1.807, 2.05) is 30.3 Å². The fourth-order valence-electron chi connectivity index (χ4n) is 1.46. The second-order valence-electron chi connectivity index (χ2n) is 3.44. The molecule has 0 aliphatic heterocycles. The van der Waals surface area contributed by atoms with Crippen LogP contribution in [0.1, 0.15) is 0 Å². The van der Waals surface area contributed by atoms with Gasteiger partial charge in [-0.3, -0.25) is 9.78 Å². The van der Waals surface area contributed by atoms with Crippen molar-refractivity contribution in [1.29, 1.82) is 0 Å². The standard InChI is InChI=1S/C12H11N3OS/c1-2-8-15-12(17)13-11(16)10(14-15)9-6-4-3-5-7-9/h2-7H,1,8H2,(H,13,16,17). The molecule has 0 aliphatic carbocycles. The van der Waals surface area contributed by atoms with Gasteiger partial charge >= 0.3 is 0 Å².